The van der Waals surface area contributed by atoms with Crippen LogP contribution in [0.4, 0.5) is 0 Å². The first kappa shape index (κ1) is 19.6. The zero-order chi connectivity index (χ0) is 19.6. The van der Waals surface area contributed by atoms with E-state index in [0.717, 1.165) is 28.4 Å². The van der Waals surface area contributed by atoms with Gasteiger partial charge in [-0.05, 0) is 52.0 Å². The summed E-state index contributed by atoms with van der Waals surface area (Å²) in [6.45, 7) is 8.08. The predicted octanol–water partition coefficient (Wildman–Crippen LogP) is 4.90. The minimum absolute atomic E-state index is 0.0324. The van der Waals surface area contributed by atoms with Crippen LogP contribution in [-0.4, -0.2) is 23.9 Å². The van der Waals surface area contributed by atoms with Crippen molar-refractivity contribution in [2.45, 2.75) is 55.9 Å². The van der Waals surface area contributed by atoms with Gasteiger partial charge in [-0.15, -0.1) is 11.8 Å². The first-order valence-corrected chi connectivity index (χ1v) is 10.1. The molecule has 0 fully saturated rings. The highest BCUT2D eigenvalue weighted by molar-refractivity contribution is 8.00. The van der Waals surface area contributed by atoms with E-state index in [1.807, 2.05) is 39.0 Å². The molecule has 144 valence electrons. The van der Waals surface area contributed by atoms with Crippen molar-refractivity contribution in [1.29, 1.82) is 0 Å². The summed E-state index contributed by atoms with van der Waals surface area (Å²) in [4.78, 5) is 13.9. The number of hydrogen-bond donors (Lipinski definition) is 1. The van der Waals surface area contributed by atoms with Gasteiger partial charge in [0.25, 0.3) is 0 Å². The summed E-state index contributed by atoms with van der Waals surface area (Å²) >= 11 is 1.57. The molecule has 2 aromatic carbocycles. The molecule has 2 atom stereocenters. The Kier molecular flexibility index (Phi) is 5.70. The van der Waals surface area contributed by atoms with Crippen LogP contribution in [0.3, 0.4) is 0 Å². The van der Waals surface area contributed by atoms with Crippen LogP contribution in [0.25, 0.3) is 0 Å². The number of rotatable bonds is 5. The van der Waals surface area contributed by atoms with Gasteiger partial charge in [-0.2, -0.15) is 0 Å². The third-order valence-corrected chi connectivity index (χ3v) is 5.81. The molecule has 1 aliphatic rings. The lowest BCUT2D eigenvalue weighted by Gasteiger charge is -2.38. The largest absolute Gasteiger partial charge is 0.497 e. The van der Waals surface area contributed by atoms with Crippen LogP contribution in [0.2, 0.25) is 0 Å². The highest BCUT2D eigenvalue weighted by Gasteiger charge is 2.35. The van der Waals surface area contributed by atoms with Gasteiger partial charge < -0.3 is 14.8 Å². The van der Waals surface area contributed by atoms with E-state index in [1.54, 1.807) is 18.9 Å². The fourth-order valence-corrected chi connectivity index (χ4v) is 4.13. The number of methoxy groups -OCH3 is 1. The second kappa shape index (κ2) is 7.85. The summed E-state index contributed by atoms with van der Waals surface area (Å²) in [6.07, 6.45) is 0.722. The van der Waals surface area contributed by atoms with Gasteiger partial charge in [0.2, 0.25) is 5.91 Å². The SMILES string of the molecule is COc1ccc2c(c1)OC(C)(C)C[C@@H]2NC(=O)[C@@H](C)Sc1ccc(C)cc1. The molecule has 5 heteroatoms. The number of ether oxygens (including phenoxy) is 2. The van der Waals surface area contributed by atoms with E-state index in [9.17, 15) is 4.79 Å². The van der Waals surface area contributed by atoms with Crippen molar-refractivity contribution < 1.29 is 14.3 Å². The smallest absolute Gasteiger partial charge is 0.233 e. The predicted molar refractivity (Wildman–Crippen MR) is 110 cm³/mol. The maximum absolute atomic E-state index is 12.8. The topological polar surface area (TPSA) is 47.6 Å². The molecule has 4 nitrogen and oxygen atoms in total. The van der Waals surface area contributed by atoms with Crippen LogP contribution >= 0.6 is 11.8 Å². The standard InChI is InChI=1S/C22H27NO3S/c1-14-6-9-17(10-7-14)27-15(2)21(24)23-19-13-22(3,4)26-20-12-16(25-5)8-11-18(19)20/h6-12,15,19H,13H2,1-5H3,(H,23,24)/t15-,19+/m1/s1. The Labute approximate surface area is 165 Å². The van der Waals surface area contributed by atoms with Gasteiger partial charge in [0.1, 0.15) is 17.1 Å². The molecule has 3 rings (SSSR count). The zero-order valence-electron chi connectivity index (χ0n) is 16.5. The Hall–Kier alpha value is -2.14. The van der Waals surface area contributed by atoms with Gasteiger partial charge in [-0.3, -0.25) is 4.79 Å². The van der Waals surface area contributed by atoms with E-state index in [-0.39, 0.29) is 22.8 Å². The third-order valence-electron chi connectivity index (χ3n) is 4.70. The molecule has 1 heterocycles. The molecule has 0 saturated carbocycles. The summed E-state index contributed by atoms with van der Waals surface area (Å²) < 4.78 is 11.4. The lowest BCUT2D eigenvalue weighted by Crippen LogP contribution is -2.43. The van der Waals surface area contributed by atoms with Crippen molar-refractivity contribution in [2.24, 2.45) is 0 Å². The first-order chi connectivity index (χ1) is 12.8. The molecule has 2 aromatic rings. The number of amides is 1. The molecule has 0 saturated heterocycles. The molecule has 1 aliphatic heterocycles. The maximum Gasteiger partial charge on any atom is 0.233 e. The number of nitrogens with one attached hydrogen (secondary N) is 1. The van der Waals surface area contributed by atoms with Gasteiger partial charge in [0, 0.05) is 22.9 Å². The second-order valence-corrected chi connectivity index (χ2v) is 9.02. The Morgan fingerprint density at radius 3 is 2.63 bits per heavy atom. The maximum atomic E-state index is 12.8. The van der Waals surface area contributed by atoms with Crippen molar-refractivity contribution in [3.63, 3.8) is 0 Å². The molecular weight excluding hydrogens is 358 g/mol. The molecule has 1 amide bonds. The minimum atomic E-state index is -0.356. The number of thioether (sulfide) groups is 1. The van der Waals surface area contributed by atoms with Crippen molar-refractivity contribution in [2.75, 3.05) is 7.11 Å². The zero-order valence-corrected chi connectivity index (χ0v) is 17.4. The molecule has 0 unspecified atom stereocenters. The van der Waals surface area contributed by atoms with Crippen LogP contribution in [0.1, 0.15) is 44.4 Å². The van der Waals surface area contributed by atoms with E-state index >= 15 is 0 Å². The molecule has 0 spiro atoms. The fraction of sp³-hybridized carbons (Fsp3) is 0.409. The van der Waals surface area contributed by atoms with Crippen molar-refractivity contribution >= 4 is 17.7 Å². The molecular formula is C22H27NO3S. The quantitative estimate of drug-likeness (QED) is 0.744. The van der Waals surface area contributed by atoms with Crippen molar-refractivity contribution in [1.82, 2.24) is 5.32 Å². The van der Waals surface area contributed by atoms with Crippen LogP contribution in [0.5, 0.6) is 11.5 Å². The van der Waals surface area contributed by atoms with Gasteiger partial charge >= 0.3 is 0 Å². The second-order valence-electron chi connectivity index (χ2n) is 7.60. The normalized spacial score (nSPS) is 18.8. The Balaban J connectivity index is 1.74. The van der Waals surface area contributed by atoms with Crippen LogP contribution < -0.4 is 14.8 Å². The summed E-state index contributed by atoms with van der Waals surface area (Å²) in [5.74, 6) is 1.56. The highest BCUT2D eigenvalue weighted by Crippen LogP contribution is 2.41. The molecule has 1 N–H and O–H groups in total. The van der Waals surface area contributed by atoms with Crippen LogP contribution in [0, 0.1) is 6.92 Å². The highest BCUT2D eigenvalue weighted by atomic mass is 32.2. The van der Waals surface area contributed by atoms with Gasteiger partial charge in [-0.25, -0.2) is 0 Å². The number of aryl methyl sites for hydroxylation is 1. The summed E-state index contributed by atoms with van der Waals surface area (Å²) in [5.41, 5.74) is 1.86. The Morgan fingerprint density at radius 2 is 1.96 bits per heavy atom. The number of hydrogen-bond acceptors (Lipinski definition) is 4. The van der Waals surface area contributed by atoms with Crippen molar-refractivity contribution in [3.05, 3.63) is 53.6 Å². The van der Waals surface area contributed by atoms with E-state index in [1.165, 1.54) is 5.56 Å². The van der Waals surface area contributed by atoms with Gasteiger partial charge in [-0.1, -0.05) is 17.7 Å². The molecule has 27 heavy (non-hydrogen) atoms. The Bertz CT molecular complexity index is 817. The van der Waals surface area contributed by atoms with E-state index in [4.69, 9.17) is 9.47 Å². The average molecular weight is 386 g/mol. The van der Waals surface area contributed by atoms with Gasteiger partial charge in [0.15, 0.2) is 0 Å². The molecule has 0 aromatic heterocycles. The lowest BCUT2D eigenvalue weighted by atomic mass is 9.89. The van der Waals surface area contributed by atoms with Crippen LogP contribution in [0.15, 0.2) is 47.4 Å². The fourth-order valence-electron chi connectivity index (χ4n) is 3.25. The summed E-state index contributed by atoms with van der Waals surface area (Å²) in [5, 5.41) is 3.04. The summed E-state index contributed by atoms with van der Waals surface area (Å²) in [6, 6.07) is 13.9. The monoisotopic (exact) mass is 385 g/mol. The molecule has 0 radical (unpaired) electrons. The van der Waals surface area contributed by atoms with E-state index < -0.39 is 0 Å². The third kappa shape index (κ3) is 4.78. The van der Waals surface area contributed by atoms with E-state index in [2.05, 4.69) is 36.5 Å². The molecule has 0 aliphatic carbocycles. The van der Waals surface area contributed by atoms with E-state index in [0.29, 0.717) is 0 Å². The number of fused-ring (bicyclic) bond motifs is 1. The Morgan fingerprint density at radius 1 is 1.26 bits per heavy atom. The number of carbonyl (C=O) groups is 1. The lowest BCUT2D eigenvalue weighted by molar-refractivity contribution is -0.121. The summed E-state index contributed by atoms with van der Waals surface area (Å²) in [7, 11) is 1.64. The average Bonchev–Trinajstić information content (AvgIpc) is 2.62. The first-order valence-electron chi connectivity index (χ1n) is 9.18. The number of carbonyl (C=O) groups excluding carboxylic acids is 1. The van der Waals surface area contributed by atoms with Crippen molar-refractivity contribution in [3.8, 4) is 11.5 Å². The van der Waals surface area contributed by atoms with Gasteiger partial charge in [0.05, 0.1) is 18.4 Å². The molecule has 0 bridgehead atoms. The van der Waals surface area contributed by atoms with Crippen LogP contribution in [-0.2, 0) is 4.79 Å². The number of benzene rings is 2. The minimum Gasteiger partial charge on any atom is -0.497 e.